The Morgan fingerprint density at radius 3 is 3.00 bits per heavy atom. The summed E-state index contributed by atoms with van der Waals surface area (Å²) in [5.74, 6) is -0.294. The molecule has 6 nitrogen and oxygen atoms in total. The molecule has 2 aromatic heterocycles. The van der Waals surface area contributed by atoms with Crippen molar-refractivity contribution in [3.8, 4) is 5.88 Å². The number of nitro groups is 1. The summed E-state index contributed by atoms with van der Waals surface area (Å²) in [6.07, 6.45) is 0. The SMILES string of the molecule is O=[N+]([O-])c1ccc2cc(O)[nH]c2n1. The van der Waals surface area contributed by atoms with Crippen molar-refractivity contribution in [3.63, 3.8) is 0 Å². The average molecular weight is 179 g/mol. The van der Waals surface area contributed by atoms with Crippen molar-refractivity contribution in [2.75, 3.05) is 0 Å². The van der Waals surface area contributed by atoms with Gasteiger partial charge < -0.3 is 15.2 Å². The zero-order valence-corrected chi connectivity index (χ0v) is 6.39. The third-order valence-electron chi connectivity index (χ3n) is 1.64. The predicted octanol–water partition coefficient (Wildman–Crippen LogP) is 1.18. The molecule has 13 heavy (non-hydrogen) atoms. The highest BCUT2D eigenvalue weighted by molar-refractivity contribution is 5.78. The molecule has 2 N–H and O–H groups in total. The van der Waals surface area contributed by atoms with Crippen molar-refractivity contribution in [2.45, 2.75) is 0 Å². The van der Waals surface area contributed by atoms with Crippen LogP contribution in [0.15, 0.2) is 18.2 Å². The first-order valence-electron chi connectivity index (χ1n) is 3.50. The molecule has 0 saturated heterocycles. The number of fused-ring (bicyclic) bond motifs is 1. The van der Waals surface area contributed by atoms with Gasteiger partial charge in [-0.05, 0) is 16.0 Å². The molecular weight excluding hydrogens is 174 g/mol. The van der Waals surface area contributed by atoms with E-state index in [1.165, 1.54) is 18.2 Å². The lowest BCUT2D eigenvalue weighted by atomic mass is 10.3. The van der Waals surface area contributed by atoms with Gasteiger partial charge >= 0.3 is 5.82 Å². The molecular formula is C7H5N3O3. The maximum atomic E-state index is 10.3. The molecule has 0 fully saturated rings. The van der Waals surface area contributed by atoms with E-state index in [4.69, 9.17) is 5.11 Å². The van der Waals surface area contributed by atoms with Crippen LogP contribution >= 0.6 is 0 Å². The number of hydrogen-bond donors (Lipinski definition) is 2. The number of hydrogen-bond acceptors (Lipinski definition) is 4. The largest absolute Gasteiger partial charge is 0.494 e. The molecule has 0 unspecified atom stereocenters. The van der Waals surface area contributed by atoms with Crippen LogP contribution in [0, 0.1) is 10.1 Å². The van der Waals surface area contributed by atoms with E-state index >= 15 is 0 Å². The number of H-pyrrole nitrogens is 1. The van der Waals surface area contributed by atoms with E-state index in [0.29, 0.717) is 11.0 Å². The number of nitrogens with one attached hydrogen (secondary N) is 1. The molecule has 0 saturated carbocycles. The number of aromatic hydroxyl groups is 1. The summed E-state index contributed by atoms with van der Waals surface area (Å²) in [5.41, 5.74) is 0.312. The molecule has 2 heterocycles. The van der Waals surface area contributed by atoms with Gasteiger partial charge in [-0.15, -0.1) is 0 Å². The summed E-state index contributed by atoms with van der Waals surface area (Å²) in [4.78, 5) is 15.9. The third kappa shape index (κ3) is 1.18. The van der Waals surface area contributed by atoms with Crippen molar-refractivity contribution in [1.29, 1.82) is 0 Å². The lowest BCUT2D eigenvalue weighted by molar-refractivity contribution is -0.389. The van der Waals surface area contributed by atoms with Crippen LogP contribution < -0.4 is 0 Å². The van der Waals surface area contributed by atoms with Crippen LogP contribution in [0.2, 0.25) is 0 Å². The van der Waals surface area contributed by atoms with Crippen molar-refractivity contribution in [3.05, 3.63) is 28.3 Å². The lowest BCUT2D eigenvalue weighted by Gasteiger charge is -1.89. The van der Waals surface area contributed by atoms with Crippen LogP contribution in [0.3, 0.4) is 0 Å². The van der Waals surface area contributed by atoms with Gasteiger partial charge in [-0.25, -0.2) is 0 Å². The van der Waals surface area contributed by atoms with Crippen LogP contribution in [-0.4, -0.2) is 20.0 Å². The van der Waals surface area contributed by atoms with E-state index in [0.717, 1.165) is 0 Å². The van der Waals surface area contributed by atoms with Crippen LogP contribution in [0.5, 0.6) is 5.88 Å². The van der Waals surface area contributed by atoms with E-state index in [9.17, 15) is 10.1 Å². The van der Waals surface area contributed by atoms with Crippen LogP contribution in [-0.2, 0) is 0 Å². The Bertz CT molecular complexity index is 477. The normalized spacial score (nSPS) is 10.5. The highest BCUT2D eigenvalue weighted by Crippen LogP contribution is 2.19. The summed E-state index contributed by atoms with van der Waals surface area (Å²) in [7, 11) is 0. The van der Waals surface area contributed by atoms with E-state index in [1.807, 2.05) is 0 Å². The van der Waals surface area contributed by atoms with Crippen LogP contribution in [0.1, 0.15) is 0 Å². The monoisotopic (exact) mass is 179 g/mol. The molecule has 0 aliphatic carbocycles. The Labute approximate surface area is 72.0 Å². The summed E-state index contributed by atoms with van der Waals surface area (Å²) >= 11 is 0. The minimum atomic E-state index is -0.586. The van der Waals surface area contributed by atoms with Gasteiger partial charge in [-0.2, -0.15) is 0 Å². The Kier molecular flexibility index (Phi) is 1.42. The number of aromatic nitrogens is 2. The third-order valence-corrected chi connectivity index (χ3v) is 1.64. The molecule has 0 bridgehead atoms. The molecule has 2 aromatic rings. The van der Waals surface area contributed by atoms with Crippen molar-refractivity contribution in [2.24, 2.45) is 0 Å². The molecule has 0 aliphatic rings. The predicted molar refractivity (Wildman–Crippen MR) is 44.4 cm³/mol. The standard InChI is InChI=1S/C7H5N3O3/c11-6-3-4-1-2-5(10(12)13)8-7(4)9-6/h1-3,11H,(H,8,9). The number of nitrogens with zero attached hydrogens (tertiary/aromatic N) is 2. The van der Waals surface area contributed by atoms with Crippen molar-refractivity contribution < 1.29 is 10.0 Å². The molecule has 0 radical (unpaired) electrons. The van der Waals surface area contributed by atoms with Gasteiger partial charge in [-0.1, -0.05) is 0 Å². The molecule has 66 valence electrons. The fourth-order valence-corrected chi connectivity index (χ4v) is 1.08. The molecule has 0 spiro atoms. The van der Waals surface area contributed by atoms with Gasteiger partial charge in [0.25, 0.3) is 5.65 Å². The van der Waals surface area contributed by atoms with E-state index in [2.05, 4.69) is 9.97 Å². The molecule has 6 heteroatoms. The number of rotatable bonds is 1. The van der Waals surface area contributed by atoms with Gasteiger partial charge in [0.1, 0.15) is 0 Å². The topological polar surface area (TPSA) is 92.0 Å². The zero-order chi connectivity index (χ0) is 9.42. The van der Waals surface area contributed by atoms with Crippen molar-refractivity contribution in [1.82, 2.24) is 9.97 Å². The zero-order valence-electron chi connectivity index (χ0n) is 6.39. The van der Waals surface area contributed by atoms with Crippen LogP contribution in [0.4, 0.5) is 5.82 Å². The first-order valence-corrected chi connectivity index (χ1v) is 3.50. The van der Waals surface area contributed by atoms with Gasteiger partial charge in [0, 0.05) is 17.5 Å². The Morgan fingerprint density at radius 1 is 1.54 bits per heavy atom. The maximum absolute atomic E-state index is 10.3. The number of pyridine rings is 1. The molecule has 2 rings (SSSR count). The van der Waals surface area contributed by atoms with E-state index < -0.39 is 4.92 Å². The summed E-state index contributed by atoms with van der Waals surface area (Å²) in [6.45, 7) is 0. The second-order valence-corrected chi connectivity index (χ2v) is 2.52. The number of aromatic amines is 1. The fourth-order valence-electron chi connectivity index (χ4n) is 1.08. The second-order valence-electron chi connectivity index (χ2n) is 2.52. The molecule has 0 aliphatic heterocycles. The minimum absolute atomic E-state index is 0.0528. The minimum Gasteiger partial charge on any atom is -0.494 e. The van der Waals surface area contributed by atoms with E-state index in [1.54, 1.807) is 0 Å². The Hall–Kier alpha value is -2.11. The molecule has 0 amide bonds. The molecule has 0 aromatic carbocycles. The second kappa shape index (κ2) is 2.44. The van der Waals surface area contributed by atoms with E-state index in [-0.39, 0.29) is 11.7 Å². The Morgan fingerprint density at radius 2 is 2.31 bits per heavy atom. The summed E-state index contributed by atoms with van der Waals surface area (Å²) in [5, 5.41) is 20.0. The average Bonchev–Trinajstić information content (AvgIpc) is 2.42. The molecule has 0 atom stereocenters. The lowest BCUT2D eigenvalue weighted by Crippen LogP contribution is -1.91. The fraction of sp³-hybridized carbons (Fsp3) is 0. The van der Waals surface area contributed by atoms with Crippen LogP contribution in [0.25, 0.3) is 11.0 Å². The summed E-state index contributed by atoms with van der Waals surface area (Å²) < 4.78 is 0. The van der Waals surface area contributed by atoms with Gasteiger partial charge in [-0.3, -0.25) is 4.98 Å². The highest BCUT2D eigenvalue weighted by Gasteiger charge is 2.11. The highest BCUT2D eigenvalue weighted by atomic mass is 16.6. The first kappa shape index (κ1) is 7.53. The summed E-state index contributed by atoms with van der Waals surface area (Å²) in [6, 6.07) is 4.26. The smallest absolute Gasteiger partial charge is 0.365 e. The van der Waals surface area contributed by atoms with Crippen molar-refractivity contribution >= 4 is 16.9 Å². The Balaban J connectivity index is 2.67. The quantitative estimate of drug-likeness (QED) is 0.507. The van der Waals surface area contributed by atoms with Gasteiger partial charge in [0.05, 0.1) is 0 Å². The maximum Gasteiger partial charge on any atom is 0.365 e. The first-order chi connectivity index (χ1) is 6.16. The van der Waals surface area contributed by atoms with Gasteiger partial charge in [0.2, 0.25) is 0 Å². The van der Waals surface area contributed by atoms with Gasteiger partial charge in [0.15, 0.2) is 5.88 Å².